The van der Waals surface area contributed by atoms with Crippen LogP contribution in [0.1, 0.15) is 48.0 Å². The van der Waals surface area contributed by atoms with E-state index >= 15 is 0 Å². The summed E-state index contributed by atoms with van der Waals surface area (Å²) in [4.78, 5) is 43.4. The second kappa shape index (κ2) is 11.8. The highest BCUT2D eigenvalue weighted by Gasteiger charge is 2.47. The quantitative estimate of drug-likeness (QED) is 0.503. The number of aliphatic hydroxyl groups excluding tert-OH is 1. The molecule has 0 bridgehead atoms. The fourth-order valence-corrected chi connectivity index (χ4v) is 5.21. The van der Waals surface area contributed by atoms with E-state index in [0.717, 1.165) is 17.7 Å². The van der Waals surface area contributed by atoms with Crippen LogP contribution in [0.25, 0.3) is 0 Å². The third kappa shape index (κ3) is 6.05. The third-order valence-corrected chi connectivity index (χ3v) is 7.12. The summed E-state index contributed by atoms with van der Waals surface area (Å²) >= 11 is 0. The van der Waals surface area contributed by atoms with Gasteiger partial charge in [0.2, 0.25) is 11.8 Å². The fourth-order valence-electron chi connectivity index (χ4n) is 5.21. The Balaban J connectivity index is 1.85. The Morgan fingerprint density at radius 1 is 0.949 bits per heavy atom. The van der Waals surface area contributed by atoms with E-state index in [4.69, 9.17) is 5.73 Å². The van der Waals surface area contributed by atoms with Crippen LogP contribution in [-0.4, -0.2) is 58.3 Å². The number of halogens is 2. The number of rotatable bonds is 6. The topological polar surface area (TPSA) is 104 Å². The number of nitrogens with two attached hydrogens (primary N) is 1. The number of likely N-dealkylation sites (tertiary alicyclic amines) is 1. The molecule has 1 aliphatic rings. The van der Waals surface area contributed by atoms with Gasteiger partial charge in [-0.15, -0.1) is 0 Å². The summed E-state index contributed by atoms with van der Waals surface area (Å²) in [6.07, 6.45) is -1.71. The van der Waals surface area contributed by atoms with Crippen LogP contribution in [0.3, 0.4) is 0 Å². The second-order valence-electron chi connectivity index (χ2n) is 9.96. The van der Waals surface area contributed by atoms with Crippen molar-refractivity contribution in [2.24, 2.45) is 5.73 Å². The minimum absolute atomic E-state index is 0.125. The highest BCUT2D eigenvalue weighted by Crippen LogP contribution is 2.39. The van der Waals surface area contributed by atoms with Gasteiger partial charge in [-0.2, -0.15) is 0 Å². The smallest absolute Gasteiger partial charge is 0.263 e. The summed E-state index contributed by atoms with van der Waals surface area (Å²) in [5.41, 5.74) is 7.25. The van der Waals surface area contributed by atoms with Crippen LogP contribution in [0.4, 0.5) is 8.78 Å². The Morgan fingerprint density at radius 3 is 2.03 bits per heavy atom. The third-order valence-electron chi connectivity index (χ3n) is 7.12. The highest BCUT2D eigenvalue weighted by atomic mass is 19.1. The monoisotopic (exact) mass is 535 g/mol. The zero-order chi connectivity index (χ0) is 28.3. The van der Waals surface area contributed by atoms with Crippen LogP contribution < -0.4 is 5.73 Å². The summed E-state index contributed by atoms with van der Waals surface area (Å²) in [7, 11) is 1.59. The average Bonchev–Trinajstić information content (AvgIpc) is 3.05. The van der Waals surface area contributed by atoms with Crippen LogP contribution in [0.5, 0.6) is 0 Å². The molecule has 1 heterocycles. The highest BCUT2D eigenvalue weighted by molar-refractivity contribution is 6.04. The molecule has 0 spiro atoms. The van der Waals surface area contributed by atoms with E-state index < -0.39 is 53.5 Å². The van der Waals surface area contributed by atoms with Crippen molar-refractivity contribution in [1.29, 1.82) is 0 Å². The van der Waals surface area contributed by atoms with E-state index in [1.165, 1.54) is 11.8 Å². The Labute approximate surface area is 225 Å². The van der Waals surface area contributed by atoms with Gasteiger partial charge in [0.25, 0.3) is 5.91 Å². The van der Waals surface area contributed by atoms with Crippen molar-refractivity contribution >= 4 is 17.7 Å². The van der Waals surface area contributed by atoms with Gasteiger partial charge < -0.3 is 15.7 Å². The van der Waals surface area contributed by atoms with Crippen molar-refractivity contribution in [3.05, 3.63) is 107 Å². The largest absolute Gasteiger partial charge is 0.378 e. The van der Waals surface area contributed by atoms with Gasteiger partial charge in [0.1, 0.15) is 17.7 Å². The molecule has 9 heteroatoms. The zero-order valence-corrected chi connectivity index (χ0v) is 21.7. The maximum absolute atomic E-state index is 14.0. The molecule has 0 unspecified atom stereocenters. The normalized spacial score (nSPS) is 21.1. The predicted octanol–water partition coefficient (Wildman–Crippen LogP) is 3.50. The van der Waals surface area contributed by atoms with Gasteiger partial charge in [0.15, 0.2) is 6.10 Å². The number of nitrogens with zero attached hydrogens (tertiary/aromatic N) is 2. The molecule has 39 heavy (non-hydrogen) atoms. The average molecular weight is 536 g/mol. The molecule has 0 aliphatic carbocycles. The van der Waals surface area contributed by atoms with Gasteiger partial charge in [0.05, 0.1) is 6.04 Å². The molecule has 3 N–H and O–H groups in total. The lowest BCUT2D eigenvalue weighted by molar-refractivity contribution is -0.160. The number of imide groups is 1. The van der Waals surface area contributed by atoms with Crippen LogP contribution in [-0.2, 0) is 14.4 Å². The lowest BCUT2D eigenvalue weighted by atomic mass is 9.81. The lowest BCUT2D eigenvalue weighted by Crippen LogP contribution is -2.58. The molecule has 3 aromatic rings. The number of hydrogen-bond donors (Lipinski definition) is 2. The van der Waals surface area contributed by atoms with Crippen LogP contribution in [0, 0.1) is 11.6 Å². The summed E-state index contributed by atoms with van der Waals surface area (Å²) in [5.74, 6) is -5.37. The first-order chi connectivity index (χ1) is 18.6. The molecule has 0 saturated carbocycles. The molecule has 4 rings (SSSR count). The zero-order valence-electron chi connectivity index (χ0n) is 21.7. The molecule has 3 aromatic carbocycles. The van der Waals surface area contributed by atoms with Crippen molar-refractivity contribution < 1.29 is 28.3 Å². The van der Waals surface area contributed by atoms with Crippen molar-refractivity contribution in [2.45, 2.75) is 43.4 Å². The molecular formula is C30H31F2N3O4. The number of carbonyl (C=O) groups is 3. The Morgan fingerprint density at radius 2 is 1.49 bits per heavy atom. The minimum Gasteiger partial charge on any atom is -0.378 e. The van der Waals surface area contributed by atoms with Gasteiger partial charge in [0, 0.05) is 31.5 Å². The molecule has 1 aliphatic heterocycles. The molecule has 1 saturated heterocycles. The minimum atomic E-state index is -2.11. The van der Waals surface area contributed by atoms with Crippen molar-refractivity contribution in [2.75, 3.05) is 13.6 Å². The van der Waals surface area contributed by atoms with Crippen molar-refractivity contribution in [3.63, 3.8) is 0 Å². The number of benzene rings is 3. The van der Waals surface area contributed by atoms with Gasteiger partial charge in [-0.05, 0) is 42.2 Å². The number of aliphatic hydroxyl groups is 1. The number of carbonyl (C=O) groups excluding carboxylic acids is 3. The summed E-state index contributed by atoms with van der Waals surface area (Å²) in [5, 5.41) is 10.9. The van der Waals surface area contributed by atoms with Crippen molar-refractivity contribution in [3.8, 4) is 0 Å². The van der Waals surface area contributed by atoms with Crippen molar-refractivity contribution in [1.82, 2.24) is 9.80 Å². The van der Waals surface area contributed by atoms with Gasteiger partial charge in [-0.1, -0.05) is 60.7 Å². The van der Waals surface area contributed by atoms with E-state index in [1.807, 2.05) is 48.5 Å². The Kier molecular flexibility index (Phi) is 8.52. The number of hydrogen-bond acceptors (Lipinski definition) is 5. The second-order valence-corrected chi connectivity index (χ2v) is 9.96. The molecule has 0 radical (unpaired) electrons. The maximum Gasteiger partial charge on any atom is 0.263 e. The SMILES string of the molecule is C[C@H](N)C(=O)N(C(=O)[C@@H](O)c1cc(F)cc(F)c1)[C@@H]1C(=O)N(C)C[C@H](c2ccccc2)C[C@@H]1c1ccccc1. The first-order valence-electron chi connectivity index (χ1n) is 12.7. The molecule has 1 fully saturated rings. The van der Waals surface area contributed by atoms with Gasteiger partial charge in [-0.25, -0.2) is 8.78 Å². The van der Waals surface area contributed by atoms with Gasteiger partial charge in [-0.3, -0.25) is 19.3 Å². The molecule has 204 valence electrons. The molecule has 3 amide bonds. The first-order valence-corrected chi connectivity index (χ1v) is 12.7. The number of likely N-dealkylation sites (N-methyl/N-ethyl adjacent to an activating group) is 1. The fraction of sp³-hybridized carbons (Fsp3) is 0.300. The lowest BCUT2D eigenvalue weighted by Gasteiger charge is -2.37. The van der Waals surface area contributed by atoms with E-state index in [-0.39, 0.29) is 11.5 Å². The molecule has 7 nitrogen and oxygen atoms in total. The molecule has 5 atom stereocenters. The van der Waals surface area contributed by atoms with E-state index in [9.17, 15) is 28.3 Å². The first kappa shape index (κ1) is 28.1. The standard InChI is InChI=1S/C30H31F2N3O4/c1-18(33)28(37)35(30(39)27(36)21-13-23(31)16-24(32)14-21)26-25(20-11-7-4-8-12-20)15-22(17-34(2)29(26)38)19-9-5-3-6-10-19/h3-14,16,18,22,25-27,36H,15,17,33H2,1-2H3/t18-,22+,25+,26-,27-/m0/s1. The Bertz CT molecular complexity index is 1320. The number of amides is 3. The van der Waals surface area contributed by atoms with E-state index in [2.05, 4.69) is 0 Å². The molecular weight excluding hydrogens is 504 g/mol. The van der Waals surface area contributed by atoms with E-state index in [1.54, 1.807) is 19.2 Å². The van der Waals surface area contributed by atoms with E-state index in [0.29, 0.717) is 29.5 Å². The predicted molar refractivity (Wildman–Crippen MR) is 141 cm³/mol. The molecule has 0 aromatic heterocycles. The summed E-state index contributed by atoms with van der Waals surface area (Å²) < 4.78 is 27.9. The van der Waals surface area contributed by atoms with Crippen LogP contribution in [0.15, 0.2) is 78.9 Å². The summed E-state index contributed by atoms with van der Waals surface area (Å²) in [6, 6.07) is 18.3. The maximum atomic E-state index is 14.0. The Hall–Kier alpha value is -3.95. The summed E-state index contributed by atoms with van der Waals surface area (Å²) in [6.45, 7) is 1.70. The van der Waals surface area contributed by atoms with Gasteiger partial charge >= 0.3 is 0 Å². The van der Waals surface area contributed by atoms with Crippen LogP contribution in [0.2, 0.25) is 0 Å². The van der Waals surface area contributed by atoms with Crippen LogP contribution >= 0.6 is 0 Å².